The van der Waals surface area contributed by atoms with Gasteiger partial charge in [0.05, 0.1) is 17.7 Å². The summed E-state index contributed by atoms with van der Waals surface area (Å²) in [5, 5.41) is 12.3. The second kappa shape index (κ2) is 18.9. The third-order valence-corrected chi connectivity index (χ3v) is 13.3. The summed E-state index contributed by atoms with van der Waals surface area (Å²) in [6.07, 6.45) is 3.41. The molecule has 5 aromatic carbocycles. The Morgan fingerprint density at radius 3 is 1.72 bits per heavy atom. The first-order chi connectivity index (χ1) is 31.8. The zero-order valence-electron chi connectivity index (χ0n) is 43.6. The van der Waals surface area contributed by atoms with Gasteiger partial charge in [0.2, 0.25) is 0 Å². The quantitative estimate of drug-likeness (QED) is 0.153. The zero-order valence-corrected chi connectivity index (χ0v) is 45.9. The van der Waals surface area contributed by atoms with E-state index in [-0.39, 0.29) is 60.3 Å². The molecule has 69 heavy (non-hydrogen) atoms. The molecule has 0 atom stereocenters. The molecule has 0 spiro atoms. The van der Waals surface area contributed by atoms with E-state index in [1.54, 1.807) is 12.5 Å². The van der Waals surface area contributed by atoms with Crippen LogP contribution in [0.4, 0.5) is 0 Å². The van der Waals surface area contributed by atoms with Gasteiger partial charge in [0.1, 0.15) is 17.6 Å². The topological polar surface area (TPSA) is 76.7 Å². The Labute approximate surface area is 426 Å². The van der Waals surface area contributed by atoms with E-state index < -0.39 is 0 Å². The van der Waals surface area contributed by atoms with Crippen molar-refractivity contribution in [1.29, 1.82) is 0 Å². The molecule has 0 aliphatic heterocycles. The van der Waals surface area contributed by atoms with Gasteiger partial charge in [-0.15, -0.1) is 24.3 Å². The molecule has 0 radical (unpaired) electrons. The van der Waals surface area contributed by atoms with Crippen molar-refractivity contribution < 1.29 is 26.2 Å². The summed E-state index contributed by atoms with van der Waals surface area (Å²) in [6.45, 7) is 35.9. The molecule has 0 aliphatic carbocycles. The summed E-state index contributed by atoms with van der Waals surface area (Å²) in [7, 11) is 0. The number of fused-ring (bicyclic) bond motifs is 1. The number of nitrogens with zero attached hydrogens (tertiary/aromatic N) is 5. The van der Waals surface area contributed by atoms with Crippen molar-refractivity contribution in [3.05, 3.63) is 155 Å². The molecule has 3 heterocycles. The van der Waals surface area contributed by atoms with Crippen LogP contribution in [-0.2, 0) is 42.7 Å². The van der Waals surface area contributed by atoms with Crippen LogP contribution in [0.3, 0.4) is 0 Å². The van der Waals surface area contributed by atoms with E-state index in [1.807, 2.05) is 0 Å². The maximum absolute atomic E-state index is 12.3. The second-order valence-electron chi connectivity index (χ2n) is 23.5. The normalized spacial score (nSPS) is 12.6. The molecule has 1 N–H and O–H groups in total. The number of pyridine rings is 1. The van der Waals surface area contributed by atoms with Gasteiger partial charge in [-0.3, -0.25) is 9.97 Å². The molecule has 0 aliphatic rings. The maximum Gasteiger partial charge on any atom is 0.160 e. The van der Waals surface area contributed by atoms with Crippen LogP contribution in [0.25, 0.3) is 73.0 Å². The molecule has 6 nitrogen and oxygen atoms in total. The molecule has 0 saturated carbocycles. The average molecular weight is 1100 g/mol. The minimum Gasteiger partial charge on any atom is -0.507 e. The maximum atomic E-state index is 12.3. The van der Waals surface area contributed by atoms with Crippen molar-refractivity contribution >= 4 is 11.2 Å². The monoisotopic (exact) mass is 1100 g/mol. The minimum absolute atomic E-state index is 0. The van der Waals surface area contributed by atoms with E-state index in [2.05, 4.69) is 230 Å². The molecule has 0 bridgehead atoms. The number of phenolic OH excluding ortho intramolecular Hbond substituents is 1. The Kier molecular flexibility index (Phi) is 14.0. The molecule has 0 amide bonds. The van der Waals surface area contributed by atoms with Crippen LogP contribution in [0.15, 0.2) is 116 Å². The van der Waals surface area contributed by atoms with Gasteiger partial charge in [0.25, 0.3) is 0 Å². The van der Waals surface area contributed by atoms with E-state index in [0.29, 0.717) is 16.8 Å². The Morgan fingerprint density at radius 1 is 0.536 bits per heavy atom. The number of hydrogen-bond acceptors (Lipinski definition) is 5. The first kappa shape index (κ1) is 51.1. The van der Waals surface area contributed by atoms with Crippen molar-refractivity contribution in [2.45, 2.75) is 144 Å². The first-order valence-electron chi connectivity index (χ1n) is 24.3. The summed E-state index contributed by atoms with van der Waals surface area (Å²) in [6, 6.07) is 41.0. The Balaban J connectivity index is 0.00000703. The van der Waals surface area contributed by atoms with Crippen molar-refractivity contribution in [1.82, 2.24) is 24.5 Å². The third kappa shape index (κ3) is 10.3. The molecule has 8 aromatic rings. The van der Waals surface area contributed by atoms with Crippen molar-refractivity contribution in [3.63, 3.8) is 0 Å². The smallest absolute Gasteiger partial charge is 0.160 e. The number of hydrogen-bond donors (Lipinski definition) is 1. The van der Waals surface area contributed by atoms with Gasteiger partial charge in [-0.25, -0.2) is 9.97 Å². The number of phenols is 1. The fourth-order valence-corrected chi connectivity index (χ4v) is 9.27. The summed E-state index contributed by atoms with van der Waals surface area (Å²) in [5.41, 5.74) is 17.2. The van der Waals surface area contributed by atoms with Crippen LogP contribution in [0.2, 0.25) is 0 Å². The van der Waals surface area contributed by atoms with Gasteiger partial charge in [-0.1, -0.05) is 183 Å². The van der Waals surface area contributed by atoms with Crippen LogP contribution in [-0.4, -0.2) is 29.6 Å². The number of rotatable bonds is 8. The molecular formula is C62H70N5OPt-. The van der Waals surface area contributed by atoms with Gasteiger partial charge >= 0.3 is 0 Å². The molecule has 7 heteroatoms. The van der Waals surface area contributed by atoms with Gasteiger partial charge in [0, 0.05) is 43.6 Å². The second-order valence-corrected chi connectivity index (χ2v) is 23.5. The molecule has 0 unspecified atom stereocenters. The molecule has 0 fully saturated rings. The van der Waals surface area contributed by atoms with E-state index in [0.717, 1.165) is 56.2 Å². The summed E-state index contributed by atoms with van der Waals surface area (Å²) in [5.74, 6) is 1.38. The third-order valence-electron chi connectivity index (χ3n) is 13.3. The van der Waals surface area contributed by atoms with Gasteiger partial charge in [-0.05, 0) is 108 Å². The standard InChI is InChI=1S/C62H70N5O.Pt/c1-37(2)47-28-42(39-21-18-17-19-22-39)29-48(38(3)4)55(47)67-57(66-54-35-63-36-64-58(54)67)41-24-20-23-40(27-41)52-30-43(46-26-25-44(59(5,6)7)33-50(46)61(11,12)13)31-53(65-52)49-32-45(60(8,9)10)34-51(56(49)68)62(14,15)16;/h17-26,28-38,68H,1-16H3;/q-1;. The molecule has 3 aromatic heterocycles. The van der Waals surface area contributed by atoms with Crippen LogP contribution < -0.4 is 0 Å². The van der Waals surface area contributed by atoms with Crippen molar-refractivity contribution in [2.24, 2.45) is 0 Å². The minimum atomic E-state index is -0.312. The predicted octanol–water partition coefficient (Wildman–Crippen LogP) is 16.5. The summed E-state index contributed by atoms with van der Waals surface area (Å²) in [4.78, 5) is 20.1. The van der Waals surface area contributed by atoms with Gasteiger partial charge < -0.3 is 9.67 Å². The molecule has 8 rings (SSSR count). The fraction of sp³-hybridized carbons (Fsp3) is 0.355. The van der Waals surface area contributed by atoms with Crippen LogP contribution in [0.5, 0.6) is 5.75 Å². The Bertz CT molecular complexity index is 3140. The van der Waals surface area contributed by atoms with Gasteiger partial charge in [-0.2, -0.15) is 0 Å². The van der Waals surface area contributed by atoms with Crippen LogP contribution in [0, 0.1) is 6.07 Å². The molecular weight excluding hydrogens is 1030 g/mol. The predicted molar refractivity (Wildman–Crippen MR) is 285 cm³/mol. The largest absolute Gasteiger partial charge is 0.507 e. The Hall–Kier alpha value is -5.71. The number of aromatic hydroxyl groups is 1. The van der Waals surface area contributed by atoms with Crippen molar-refractivity contribution in [3.8, 4) is 67.6 Å². The summed E-state index contributed by atoms with van der Waals surface area (Å²) < 4.78 is 2.23. The Morgan fingerprint density at radius 2 is 1.13 bits per heavy atom. The molecule has 0 saturated heterocycles. The van der Waals surface area contributed by atoms with E-state index >= 15 is 0 Å². The van der Waals surface area contributed by atoms with Gasteiger partial charge in [0.15, 0.2) is 5.65 Å². The fourth-order valence-electron chi connectivity index (χ4n) is 9.27. The summed E-state index contributed by atoms with van der Waals surface area (Å²) >= 11 is 0. The SMILES string of the molecule is CC(C)c1cc(-c2ccccc2)cc(C(C)C)c1-n1c(-c2[c-]c(-c3cc(-c4ccc(C(C)(C)C)cc4C(C)(C)C)cc(-c4cc(C(C)(C)C)cc(C(C)(C)C)c4O)n3)ccc2)nc2cncnc21.[Pt]. The average Bonchev–Trinajstić information content (AvgIpc) is 3.66. The van der Waals surface area contributed by atoms with Crippen LogP contribution in [0.1, 0.15) is 156 Å². The van der Waals surface area contributed by atoms with Crippen molar-refractivity contribution in [2.75, 3.05) is 0 Å². The number of aromatic nitrogens is 5. The number of benzene rings is 5. The zero-order chi connectivity index (χ0) is 49.2. The van der Waals surface area contributed by atoms with Crippen LogP contribution >= 0.6 is 0 Å². The first-order valence-corrected chi connectivity index (χ1v) is 24.3. The molecule has 360 valence electrons. The number of imidazole rings is 1. The van der Waals surface area contributed by atoms with E-state index in [1.165, 1.54) is 33.4 Å². The van der Waals surface area contributed by atoms with E-state index in [9.17, 15) is 5.11 Å². The van der Waals surface area contributed by atoms with E-state index in [4.69, 9.17) is 15.0 Å².